The summed E-state index contributed by atoms with van der Waals surface area (Å²) in [4.78, 5) is 2.51. The van der Waals surface area contributed by atoms with Crippen molar-refractivity contribution in [2.75, 3.05) is 38.2 Å². The molecule has 0 bridgehead atoms. The minimum Gasteiger partial charge on any atom is -0.383 e. The molecule has 0 amide bonds. The smallest absolute Gasteiger partial charge is 0.0640 e. The minimum atomic E-state index is 0.494. The van der Waals surface area contributed by atoms with Gasteiger partial charge in [-0.2, -0.15) is 0 Å². The van der Waals surface area contributed by atoms with Crippen molar-refractivity contribution in [2.45, 2.75) is 12.5 Å². The van der Waals surface area contributed by atoms with Gasteiger partial charge in [-0.1, -0.05) is 23.7 Å². The number of ether oxygens (including phenoxy) is 1. The third-order valence-corrected chi connectivity index (χ3v) is 3.93. The highest BCUT2D eigenvalue weighted by Gasteiger charge is 2.27. The van der Waals surface area contributed by atoms with Crippen molar-refractivity contribution >= 4 is 17.3 Å². The van der Waals surface area contributed by atoms with Crippen LogP contribution >= 0.6 is 11.6 Å². The molecule has 4 heteroatoms. The van der Waals surface area contributed by atoms with E-state index < -0.39 is 0 Å². The summed E-state index contributed by atoms with van der Waals surface area (Å²) in [5.74, 6) is 0. The summed E-state index contributed by atoms with van der Waals surface area (Å²) >= 11 is 6.24. The average molecular weight is 253 g/mol. The molecule has 0 aromatic heterocycles. The highest BCUT2D eigenvalue weighted by molar-refractivity contribution is 6.33. The molecular formula is C13H17ClN2O. The molecule has 17 heavy (non-hydrogen) atoms. The molecule has 0 radical (unpaired) electrons. The number of nitrogens with one attached hydrogen (secondary N) is 1. The van der Waals surface area contributed by atoms with Crippen LogP contribution in [0, 0.1) is 0 Å². The maximum absolute atomic E-state index is 6.24. The van der Waals surface area contributed by atoms with Gasteiger partial charge in [-0.25, -0.2) is 0 Å². The molecule has 2 aliphatic heterocycles. The fourth-order valence-corrected chi connectivity index (χ4v) is 3.01. The molecule has 92 valence electrons. The van der Waals surface area contributed by atoms with Crippen molar-refractivity contribution in [3.05, 3.63) is 28.8 Å². The molecule has 1 fully saturated rings. The van der Waals surface area contributed by atoms with Gasteiger partial charge in [0.2, 0.25) is 0 Å². The van der Waals surface area contributed by atoms with Gasteiger partial charge in [0.1, 0.15) is 0 Å². The van der Waals surface area contributed by atoms with Crippen LogP contribution in [0.25, 0.3) is 0 Å². The Morgan fingerprint density at radius 2 is 2.12 bits per heavy atom. The Hall–Kier alpha value is -0.770. The maximum Gasteiger partial charge on any atom is 0.0640 e. The van der Waals surface area contributed by atoms with Crippen LogP contribution in [0.5, 0.6) is 0 Å². The Kier molecular flexibility index (Phi) is 3.23. The Bertz CT molecular complexity index is 404. The zero-order valence-corrected chi connectivity index (χ0v) is 10.5. The monoisotopic (exact) mass is 252 g/mol. The highest BCUT2D eigenvalue weighted by Crippen LogP contribution is 2.38. The van der Waals surface area contributed by atoms with Crippen LogP contribution < -0.4 is 5.32 Å². The Balaban J connectivity index is 1.90. The first-order valence-corrected chi connectivity index (χ1v) is 6.58. The lowest BCUT2D eigenvalue weighted by Gasteiger charge is -2.38. The fraction of sp³-hybridized carbons (Fsp3) is 0.538. The standard InChI is InChI=1S/C13H17ClN2O/c14-11-3-1-2-10-12(4-5-15-13(10)11)16-6-8-17-9-7-16/h1-3,12,15H,4-9H2. The second kappa shape index (κ2) is 4.84. The number of fused-ring (bicyclic) bond motifs is 1. The maximum atomic E-state index is 6.24. The summed E-state index contributed by atoms with van der Waals surface area (Å²) in [5, 5.41) is 4.24. The van der Waals surface area contributed by atoms with E-state index in [1.807, 2.05) is 12.1 Å². The number of benzene rings is 1. The first-order valence-electron chi connectivity index (χ1n) is 6.20. The van der Waals surface area contributed by atoms with E-state index in [9.17, 15) is 0 Å². The number of hydrogen-bond donors (Lipinski definition) is 1. The van der Waals surface area contributed by atoms with Crippen molar-refractivity contribution < 1.29 is 4.74 Å². The minimum absolute atomic E-state index is 0.494. The number of para-hydroxylation sites is 1. The first kappa shape index (κ1) is 11.3. The van der Waals surface area contributed by atoms with Crippen molar-refractivity contribution in [3.8, 4) is 0 Å². The summed E-state index contributed by atoms with van der Waals surface area (Å²) in [6, 6.07) is 6.68. The van der Waals surface area contributed by atoms with Crippen LogP contribution in [0.3, 0.4) is 0 Å². The molecule has 0 spiro atoms. The predicted molar refractivity (Wildman–Crippen MR) is 69.7 cm³/mol. The Morgan fingerprint density at radius 3 is 2.94 bits per heavy atom. The molecule has 0 saturated carbocycles. The van der Waals surface area contributed by atoms with Crippen LogP contribution in [0.15, 0.2) is 18.2 Å². The van der Waals surface area contributed by atoms with Gasteiger partial charge in [0, 0.05) is 25.7 Å². The Morgan fingerprint density at radius 1 is 1.29 bits per heavy atom. The zero-order chi connectivity index (χ0) is 11.7. The normalized spacial score (nSPS) is 25.1. The van der Waals surface area contributed by atoms with Crippen LogP contribution in [0.2, 0.25) is 5.02 Å². The lowest BCUT2D eigenvalue weighted by molar-refractivity contribution is 0.0144. The van der Waals surface area contributed by atoms with Crippen LogP contribution in [-0.2, 0) is 4.74 Å². The van der Waals surface area contributed by atoms with E-state index in [2.05, 4.69) is 16.3 Å². The largest absolute Gasteiger partial charge is 0.383 e. The van der Waals surface area contributed by atoms with Crippen molar-refractivity contribution in [3.63, 3.8) is 0 Å². The zero-order valence-electron chi connectivity index (χ0n) is 9.79. The second-order valence-corrected chi connectivity index (χ2v) is 4.99. The van der Waals surface area contributed by atoms with E-state index in [0.29, 0.717) is 6.04 Å². The molecule has 3 nitrogen and oxygen atoms in total. The van der Waals surface area contributed by atoms with E-state index in [1.54, 1.807) is 0 Å². The molecule has 2 heterocycles. The fourth-order valence-electron chi connectivity index (χ4n) is 2.76. The highest BCUT2D eigenvalue weighted by atomic mass is 35.5. The molecule has 1 unspecified atom stereocenters. The number of anilines is 1. The van der Waals surface area contributed by atoms with Gasteiger partial charge in [-0.15, -0.1) is 0 Å². The Labute approximate surface area is 107 Å². The lowest BCUT2D eigenvalue weighted by atomic mass is 9.96. The van der Waals surface area contributed by atoms with E-state index in [4.69, 9.17) is 16.3 Å². The van der Waals surface area contributed by atoms with Crippen molar-refractivity contribution in [1.29, 1.82) is 0 Å². The molecule has 2 aliphatic rings. The summed E-state index contributed by atoms with van der Waals surface area (Å²) in [6.45, 7) is 4.74. The number of morpholine rings is 1. The first-order chi connectivity index (χ1) is 8.36. The molecule has 1 N–H and O–H groups in total. The number of halogens is 1. The summed E-state index contributed by atoms with van der Waals surface area (Å²) < 4.78 is 5.42. The van der Waals surface area contributed by atoms with Crippen LogP contribution in [-0.4, -0.2) is 37.7 Å². The SMILES string of the molecule is Clc1cccc2c1NCCC2N1CCOCC1. The summed E-state index contributed by atoms with van der Waals surface area (Å²) in [6.07, 6.45) is 1.15. The van der Waals surface area contributed by atoms with Gasteiger partial charge in [0.05, 0.1) is 23.9 Å². The molecular weight excluding hydrogens is 236 g/mol. The van der Waals surface area contributed by atoms with Crippen LogP contribution in [0.4, 0.5) is 5.69 Å². The van der Waals surface area contributed by atoms with E-state index in [-0.39, 0.29) is 0 Å². The summed E-state index contributed by atoms with van der Waals surface area (Å²) in [5.41, 5.74) is 2.46. The number of nitrogens with zero attached hydrogens (tertiary/aromatic N) is 1. The average Bonchev–Trinajstić information content (AvgIpc) is 2.40. The van der Waals surface area contributed by atoms with Gasteiger partial charge >= 0.3 is 0 Å². The van der Waals surface area contributed by atoms with E-state index >= 15 is 0 Å². The van der Waals surface area contributed by atoms with Gasteiger partial charge in [-0.05, 0) is 18.1 Å². The van der Waals surface area contributed by atoms with Crippen molar-refractivity contribution in [1.82, 2.24) is 4.90 Å². The van der Waals surface area contributed by atoms with Gasteiger partial charge in [-0.3, -0.25) is 4.90 Å². The van der Waals surface area contributed by atoms with E-state index in [0.717, 1.165) is 50.0 Å². The predicted octanol–water partition coefficient (Wildman–Crippen LogP) is 2.53. The summed E-state index contributed by atoms with van der Waals surface area (Å²) in [7, 11) is 0. The van der Waals surface area contributed by atoms with E-state index in [1.165, 1.54) is 5.56 Å². The van der Waals surface area contributed by atoms with Crippen LogP contribution in [0.1, 0.15) is 18.0 Å². The molecule has 1 saturated heterocycles. The molecule has 1 aromatic rings. The number of hydrogen-bond acceptors (Lipinski definition) is 3. The molecule has 1 atom stereocenters. The lowest BCUT2D eigenvalue weighted by Crippen LogP contribution is -2.41. The molecule has 0 aliphatic carbocycles. The third-order valence-electron chi connectivity index (χ3n) is 3.61. The quantitative estimate of drug-likeness (QED) is 0.831. The van der Waals surface area contributed by atoms with Gasteiger partial charge in [0.15, 0.2) is 0 Å². The van der Waals surface area contributed by atoms with Gasteiger partial charge < -0.3 is 10.1 Å². The molecule has 3 rings (SSSR count). The number of rotatable bonds is 1. The third kappa shape index (κ3) is 2.15. The molecule has 1 aromatic carbocycles. The van der Waals surface area contributed by atoms with Gasteiger partial charge in [0.25, 0.3) is 0 Å². The second-order valence-electron chi connectivity index (χ2n) is 4.58. The topological polar surface area (TPSA) is 24.5 Å². The van der Waals surface area contributed by atoms with Crippen molar-refractivity contribution in [2.24, 2.45) is 0 Å².